The third-order valence-electron chi connectivity index (χ3n) is 3.70. The first-order chi connectivity index (χ1) is 11.2. The molecule has 1 aliphatic heterocycles. The summed E-state index contributed by atoms with van der Waals surface area (Å²) in [6.45, 7) is 1.71. The van der Waals surface area contributed by atoms with Crippen LogP contribution >= 0.6 is 0 Å². The number of anilines is 1. The molecule has 0 unspecified atom stereocenters. The number of carbonyl (C=O) groups is 2. The molecular formula is C17H11N3O3. The second kappa shape index (κ2) is 4.88. The summed E-state index contributed by atoms with van der Waals surface area (Å²) in [5, 5.41) is 3.76. The molecule has 1 aliphatic rings. The Kier molecular flexibility index (Phi) is 2.84. The van der Waals surface area contributed by atoms with Gasteiger partial charge in [-0.3, -0.25) is 9.59 Å². The Morgan fingerprint density at radius 1 is 0.870 bits per heavy atom. The van der Waals surface area contributed by atoms with Gasteiger partial charge in [0.2, 0.25) is 0 Å². The molecule has 0 radical (unpaired) electrons. The molecule has 1 aromatic heterocycles. The number of aromatic nitrogens is 2. The van der Waals surface area contributed by atoms with Gasteiger partial charge in [0.15, 0.2) is 5.82 Å². The minimum Gasteiger partial charge on any atom is -0.334 e. The number of nitrogens with zero attached hydrogens (tertiary/aromatic N) is 3. The van der Waals surface area contributed by atoms with Crippen molar-refractivity contribution in [3.63, 3.8) is 0 Å². The van der Waals surface area contributed by atoms with Crippen LogP contribution in [0.15, 0.2) is 53.1 Å². The zero-order valence-electron chi connectivity index (χ0n) is 12.2. The summed E-state index contributed by atoms with van der Waals surface area (Å²) < 4.78 is 5.19. The lowest BCUT2D eigenvalue weighted by atomic mass is 10.1. The van der Waals surface area contributed by atoms with Crippen LogP contribution in [0.1, 0.15) is 26.5 Å². The Morgan fingerprint density at radius 3 is 2.00 bits per heavy atom. The average Bonchev–Trinajstić information content (AvgIpc) is 3.11. The molecule has 3 aromatic rings. The van der Waals surface area contributed by atoms with E-state index in [0.29, 0.717) is 28.2 Å². The van der Waals surface area contributed by atoms with Crippen LogP contribution in [-0.2, 0) is 0 Å². The van der Waals surface area contributed by atoms with Crippen LogP contribution in [-0.4, -0.2) is 22.0 Å². The molecule has 0 saturated heterocycles. The summed E-state index contributed by atoms with van der Waals surface area (Å²) in [6, 6.07) is 13.7. The van der Waals surface area contributed by atoms with Crippen molar-refractivity contribution in [2.24, 2.45) is 0 Å². The fraction of sp³-hybridized carbons (Fsp3) is 0.0588. The van der Waals surface area contributed by atoms with Gasteiger partial charge in [-0.15, -0.1) is 0 Å². The molecule has 0 N–H and O–H groups in total. The van der Waals surface area contributed by atoms with Gasteiger partial charge in [0.05, 0.1) is 22.4 Å². The maximum absolute atomic E-state index is 12.6. The minimum absolute atomic E-state index is 0.273. The third-order valence-corrected chi connectivity index (χ3v) is 3.70. The number of rotatable bonds is 2. The number of hydrogen-bond acceptors (Lipinski definition) is 5. The first kappa shape index (κ1) is 13.4. The lowest BCUT2D eigenvalue weighted by Crippen LogP contribution is -2.29. The van der Waals surface area contributed by atoms with Gasteiger partial charge in [-0.05, 0) is 31.2 Å². The fourth-order valence-electron chi connectivity index (χ4n) is 2.66. The number of amides is 2. The van der Waals surface area contributed by atoms with Crippen molar-refractivity contribution in [1.82, 2.24) is 10.1 Å². The average molecular weight is 305 g/mol. The normalized spacial score (nSPS) is 13.5. The number of hydrogen-bond donors (Lipinski definition) is 0. The van der Waals surface area contributed by atoms with E-state index < -0.39 is 0 Å². The van der Waals surface area contributed by atoms with E-state index in [9.17, 15) is 9.59 Å². The predicted molar refractivity (Wildman–Crippen MR) is 82.1 cm³/mol. The molecule has 2 heterocycles. The third kappa shape index (κ3) is 1.96. The second-order valence-electron chi connectivity index (χ2n) is 5.16. The van der Waals surface area contributed by atoms with Crippen LogP contribution in [0.5, 0.6) is 0 Å². The molecule has 23 heavy (non-hydrogen) atoms. The smallest absolute Gasteiger partial charge is 0.266 e. The van der Waals surface area contributed by atoms with Crippen LogP contribution in [0.25, 0.3) is 11.5 Å². The molecule has 0 saturated carbocycles. The Bertz CT molecular complexity index is 911. The van der Waals surface area contributed by atoms with Crippen molar-refractivity contribution in [1.29, 1.82) is 0 Å². The summed E-state index contributed by atoms with van der Waals surface area (Å²) in [7, 11) is 0. The number of para-hydroxylation sites is 1. The maximum atomic E-state index is 12.6. The number of benzene rings is 2. The highest BCUT2D eigenvalue weighted by atomic mass is 16.5. The molecular weight excluding hydrogens is 294 g/mol. The fourth-order valence-corrected chi connectivity index (χ4v) is 2.66. The van der Waals surface area contributed by atoms with Gasteiger partial charge in [-0.2, -0.15) is 4.98 Å². The van der Waals surface area contributed by atoms with Gasteiger partial charge in [0, 0.05) is 0 Å². The highest BCUT2D eigenvalue weighted by molar-refractivity contribution is 6.35. The Labute approximate surface area is 131 Å². The minimum atomic E-state index is -0.353. The number of carbonyl (C=O) groups excluding carboxylic acids is 2. The topological polar surface area (TPSA) is 76.3 Å². The number of imide groups is 1. The van der Waals surface area contributed by atoms with Crippen LogP contribution in [0, 0.1) is 6.92 Å². The van der Waals surface area contributed by atoms with E-state index >= 15 is 0 Å². The molecule has 0 bridgehead atoms. The molecule has 2 amide bonds. The molecule has 0 atom stereocenters. The molecule has 112 valence electrons. The van der Waals surface area contributed by atoms with E-state index in [1.54, 1.807) is 55.5 Å². The van der Waals surface area contributed by atoms with Crippen molar-refractivity contribution in [2.75, 3.05) is 4.90 Å². The molecule has 6 nitrogen and oxygen atoms in total. The number of aryl methyl sites for hydroxylation is 1. The molecule has 6 heteroatoms. The Balaban J connectivity index is 1.87. The Hall–Kier alpha value is -3.28. The monoisotopic (exact) mass is 305 g/mol. The van der Waals surface area contributed by atoms with Gasteiger partial charge < -0.3 is 4.52 Å². The van der Waals surface area contributed by atoms with Gasteiger partial charge in [0.1, 0.15) is 0 Å². The zero-order valence-corrected chi connectivity index (χ0v) is 12.2. The van der Waals surface area contributed by atoms with Gasteiger partial charge in [-0.1, -0.05) is 29.4 Å². The largest absolute Gasteiger partial charge is 0.334 e. The van der Waals surface area contributed by atoms with Crippen molar-refractivity contribution in [2.45, 2.75) is 6.92 Å². The van der Waals surface area contributed by atoms with E-state index in [1.807, 2.05) is 0 Å². The summed E-state index contributed by atoms with van der Waals surface area (Å²) in [4.78, 5) is 30.6. The zero-order chi connectivity index (χ0) is 16.0. The molecule has 0 spiro atoms. The first-order valence-electron chi connectivity index (χ1n) is 7.04. The second-order valence-corrected chi connectivity index (χ2v) is 5.16. The van der Waals surface area contributed by atoms with Crippen molar-refractivity contribution in [3.8, 4) is 11.5 Å². The van der Waals surface area contributed by atoms with E-state index in [-0.39, 0.29) is 17.7 Å². The van der Waals surface area contributed by atoms with Crippen LogP contribution in [0.2, 0.25) is 0 Å². The maximum Gasteiger partial charge on any atom is 0.266 e. The lowest BCUT2D eigenvalue weighted by Gasteiger charge is -2.16. The summed E-state index contributed by atoms with van der Waals surface area (Å²) in [5.74, 6) is 0.0513. The molecule has 0 aliphatic carbocycles. The van der Waals surface area contributed by atoms with E-state index in [0.717, 1.165) is 4.90 Å². The first-order valence-corrected chi connectivity index (χ1v) is 7.04. The standard InChI is InChI=1S/C17H11N3O3/c1-10-18-15(23-19-10)13-8-4-5-9-14(13)20-16(21)11-6-2-3-7-12(11)17(20)22/h2-9H,1H3. The summed E-state index contributed by atoms with van der Waals surface area (Å²) in [6.07, 6.45) is 0. The molecule has 2 aromatic carbocycles. The van der Waals surface area contributed by atoms with Crippen molar-refractivity contribution < 1.29 is 14.1 Å². The van der Waals surface area contributed by atoms with E-state index in [4.69, 9.17) is 4.52 Å². The summed E-state index contributed by atoms with van der Waals surface area (Å²) in [5.41, 5.74) is 1.77. The van der Waals surface area contributed by atoms with Gasteiger partial charge in [0.25, 0.3) is 17.7 Å². The van der Waals surface area contributed by atoms with E-state index in [2.05, 4.69) is 10.1 Å². The summed E-state index contributed by atoms with van der Waals surface area (Å²) >= 11 is 0. The quantitative estimate of drug-likeness (QED) is 0.680. The van der Waals surface area contributed by atoms with Crippen molar-refractivity contribution >= 4 is 17.5 Å². The lowest BCUT2D eigenvalue weighted by molar-refractivity contribution is 0.0926. The van der Waals surface area contributed by atoms with Crippen LogP contribution in [0.4, 0.5) is 5.69 Å². The van der Waals surface area contributed by atoms with Crippen LogP contribution in [0.3, 0.4) is 0 Å². The van der Waals surface area contributed by atoms with Crippen molar-refractivity contribution in [3.05, 3.63) is 65.5 Å². The van der Waals surface area contributed by atoms with Crippen LogP contribution < -0.4 is 4.90 Å². The molecule has 4 rings (SSSR count). The van der Waals surface area contributed by atoms with Gasteiger partial charge in [-0.25, -0.2) is 4.90 Å². The van der Waals surface area contributed by atoms with Gasteiger partial charge >= 0.3 is 0 Å². The highest BCUT2D eigenvalue weighted by Gasteiger charge is 2.37. The number of fused-ring (bicyclic) bond motifs is 1. The highest BCUT2D eigenvalue weighted by Crippen LogP contribution is 2.35. The Morgan fingerprint density at radius 2 is 1.43 bits per heavy atom. The van der Waals surface area contributed by atoms with E-state index in [1.165, 1.54) is 0 Å². The SMILES string of the molecule is Cc1noc(-c2ccccc2N2C(=O)c3ccccc3C2=O)n1. The predicted octanol–water partition coefficient (Wildman–Crippen LogP) is 2.85. The molecule has 0 fully saturated rings.